The maximum atomic E-state index is 13.7. The fraction of sp³-hybridized carbons (Fsp3) is 0.261. The van der Waals surface area contributed by atoms with Crippen LogP contribution in [0.15, 0.2) is 53.3 Å². The number of thioether (sulfide) groups is 1. The van der Waals surface area contributed by atoms with Crippen molar-refractivity contribution in [1.82, 2.24) is 19.4 Å². The monoisotopic (exact) mass is 414 g/mol. The quantitative estimate of drug-likeness (QED) is 0.480. The molecule has 6 heterocycles. The van der Waals surface area contributed by atoms with Gasteiger partial charge in [-0.25, -0.2) is 4.98 Å². The number of fused-ring (bicyclic) bond motifs is 2. The highest BCUT2D eigenvalue weighted by atomic mass is 32.2. The number of carbonyl (C=O) groups excluding carboxylic acids is 1. The fourth-order valence-electron chi connectivity index (χ4n) is 5.60. The minimum Gasteiger partial charge on any atom is -0.356 e. The zero-order valence-electron chi connectivity index (χ0n) is 16.1. The smallest absolute Gasteiger partial charge is 0.262 e. The van der Waals surface area contributed by atoms with E-state index in [2.05, 4.69) is 17.1 Å². The zero-order chi connectivity index (χ0) is 20.0. The number of aromatic nitrogens is 3. The Morgan fingerprint density at radius 1 is 1.07 bits per heavy atom. The van der Waals surface area contributed by atoms with Crippen LogP contribution in [-0.4, -0.2) is 43.4 Å². The molecular formula is C23H18N4O2S. The Labute approximate surface area is 175 Å². The Morgan fingerprint density at radius 3 is 2.77 bits per heavy atom. The summed E-state index contributed by atoms with van der Waals surface area (Å²) in [6.07, 6.45) is 0.508. The summed E-state index contributed by atoms with van der Waals surface area (Å²) >= 11 is 1.82. The van der Waals surface area contributed by atoms with E-state index in [9.17, 15) is 9.59 Å². The van der Waals surface area contributed by atoms with Crippen LogP contribution in [0.5, 0.6) is 0 Å². The first-order valence-corrected chi connectivity index (χ1v) is 11.4. The minimum absolute atomic E-state index is 0.0377. The fourth-order valence-corrected chi connectivity index (χ4v) is 6.78. The number of para-hydroxylation sites is 2. The van der Waals surface area contributed by atoms with Crippen LogP contribution < -0.4 is 5.56 Å². The molecule has 2 bridgehead atoms. The number of hydrogen-bond acceptors (Lipinski definition) is 4. The van der Waals surface area contributed by atoms with Gasteiger partial charge in [-0.3, -0.25) is 14.2 Å². The number of H-pyrrole nitrogens is 1. The Balaban J connectivity index is 1.68. The van der Waals surface area contributed by atoms with E-state index >= 15 is 0 Å². The summed E-state index contributed by atoms with van der Waals surface area (Å²) in [7, 11) is 0. The van der Waals surface area contributed by atoms with Gasteiger partial charge in [-0.2, -0.15) is 11.8 Å². The summed E-state index contributed by atoms with van der Waals surface area (Å²) in [6, 6.07) is 15.1. The van der Waals surface area contributed by atoms with Crippen LogP contribution in [0.25, 0.3) is 21.8 Å². The van der Waals surface area contributed by atoms with Gasteiger partial charge in [-0.15, -0.1) is 0 Å². The van der Waals surface area contributed by atoms with Gasteiger partial charge in [0, 0.05) is 35.4 Å². The van der Waals surface area contributed by atoms with Crippen LogP contribution in [0.4, 0.5) is 0 Å². The zero-order valence-corrected chi connectivity index (χ0v) is 16.9. The summed E-state index contributed by atoms with van der Waals surface area (Å²) in [4.78, 5) is 38.0. The molecule has 4 aromatic rings. The lowest BCUT2D eigenvalue weighted by molar-refractivity contribution is -0.142. The van der Waals surface area contributed by atoms with Crippen molar-refractivity contribution < 1.29 is 4.79 Å². The molecule has 6 nitrogen and oxygen atoms in total. The molecule has 148 valence electrons. The van der Waals surface area contributed by atoms with Crippen LogP contribution in [0.3, 0.4) is 0 Å². The summed E-state index contributed by atoms with van der Waals surface area (Å²) in [6.45, 7) is 0.664. The molecule has 0 aliphatic carbocycles. The number of aromatic amines is 1. The number of nitrogens with one attached hydrogen (secondary N) is 1. The Morgan fingerprint density at radius 2 is 1.87 bits per heavy atom. The van der Waals surface area contributed by atoms with E-state index in [1.54, 1.807) is 10.6 Å². The first-order chi connectivity index (χ1) is 14.7. The van der Waals surface area contributed by atoms with Crippen LogP contribution in [-0.2, 0) is 16.8 Å². The second-order valence-corrected chi connectivity index (χ2v) is 9.38. The first kappa shape index (κ1) is 16.7. The van der Waals surface area contributed by atoms with Crippen molar-refractivity contribution in [3.05, 3.63) is 76.0 Å². The van der Waals surface area contributed by atoms with E-state index in [1.807, 2.05) is 47.0 Å². The van der Waals surface area contributed by atoms with Crippen LogP contribution >= 0.6 is 11.8 Å². The van der Waals surface area contributed by atoms with Crippen molar-refractivity contribution >= 4 is 39.5 Å². The number of amides is 1. The van der Waals surface area contributed by atoms with Crippen LogP contribution in [0, 0.1) is 0 Å². The Kier molecular flexibility index (Phi) is 3.09. The lowest BCUT2D eigenvalue weighted by Crippen LogP contribution is -2.62. The van der Waals surface area contributed by atoms with Crippen molar-refractivity contribution in [3.63, 3.8) is 0 Å². The number of nitrogens with zero attached hydrogens (tertiary/aromatic N) is 3. The van der Waals surface area contributed by atoms with Gasteiger partial charge in [-0.05, 0) is 23.8 Å². The molecule has 4 aliphatic heterocycles. The SMILES string of the molecule is O=C1[C@H]2Cc3c([nH]c4ccccc34)[C@]3(CSCCN13)c1nc3ccccc3c(=O)n12. The van der Waals surface area contributed by atoms with E-state index in [1.165, 1.54) is 0 Å². The summed E-state index contributed by atoms with van der Waals surface area (Å²) in [5.41, 5.74) is 3.07. The topological polar surface area (TPSA) is 71.0 Å². The lowest BCUT2D eigenvalue weighted by atomic mass is 9.90. The number of hydrogen-bond donors (Lipinski definition) is 1. The van der Waals surface area contributed by atoms with E-state index in [0.29, 0.717) is 35.4 Å². The van der Waals surface area contributed by atoms with Gasteiger partial charge < -0.3 is 9.88 Å². The van der Waals surface area contributed by atoms with Crippen molar-refractivity contribution in [3.8, 4) is 0 Å². The van der Waals surface area contributed by atoms with Gasteiger partial charge in [0.1, 0.15) is 11.9 Å². The standard InChI is InChI=1S/C23H18N4O2S/c28-20-14-6-2-4-8-17(14)25-22-23-12-30-10-9-26(23)21(29)18(27(20)22)11-15-13-5-1-3-7-16(13)24-19(15)23/h1-8,18,24H,9-12H2/t18-,23-/m1/s1. The number of benzene rings is 2. The average molecular weight is 414 g/mol. The predicted molar refractivity (Wildman–Crippen MR) is 117 cm³/mol. The molecule has 0 radical (unpaired) electrons. The Bertz CT molecular complexity index is 1450. The molecule has 7 heteroatoms. The molecule has 1 spiro atoms. The van der Waals surface area contributed by atoms with Crippen molar-refractivity contribution in [2.24, 2.45) is 0 Å². The molecular weight excluding hydrogens is 396 g/mol. The van der Waals surface area contributed by atoms with E-state index in [4.69, 9.17) is 4.98 Å². The van der Waals surface area contributed by atoms with Crippen molar-refractivity contribution in [1.29, 1.82) is 0 Å². The first-order valence-electron chi connectivity index (χ1n) is 10.2. The highest BCUT2D eigenvalue weighted by Gasteiger charge is 2.58. The van der Waals surface area contributed by atoms with Gasteiger partial charge in [0.15, 0.2) is 5.54 Å². The summed E-state index contributed by atoms with van der Waals surface area (Å²) in [5.74, 6) is 2.33. The second-order valence-electron chi connectivity index (χ2n) is 8.27. The van der Waals surface area contributed by atoms with Crippen LogP contribution in [0.1, 0.15) is 23.1 Å². The molecule has 2 atom stereocenters. The average Bonchev–Trinajstić information content (AvgIpc) is 3.06. The number of carbonyl (C=O) groups is 1. The van der Waals surface area contributed by atoms with Crippen molar-refractivity contribution in [2.45, 2.75) is 18.0 Å². The normalized spacial score (nSPS) is 24.6. The maximum Gasteiger partial charge on any atom is 0.262 e. The van der Waals surface area contributed by atoms with Gasteiger partial charge in [0.05, 0.1) is 16.6 Å². The highest BCUT2D eigenvalue weighted by Crippen LogP contribution is 2.51. The van der Waals surface area contributed by atoms with Gasteiger partial charge in [0.2, 0.25) is 5.91 Å². The van der Waals surface area contributed by atoms with Gasteiger partial charge >= 0.3 is 0 Å². The van der Waals surface area contributed by atoms with Gasteiger partial charge in [0.25, 0.3) is 5.56 Å². The molecule has 2 aromatic heterocycles. The molecule has 1 fully saturated rings. The minimum atomic E-state index is -0.745. The third kappa shape index (κ3) is 1.81. The van der Waals surface area contributed by atoms with Crippen molar-refractivity contribution in [2.75, 3.05) is 18.1 Å². The van der Waals surface area contributed by atoms with E-state index in [0.717, 1.165) is 27.9 Å². The van der Waals surface area contributed by atoms with Crippen LogP contribution in [0.2, 0.25) is 0 Å². The van der Waals surface area contributed by atoms with Gasteiger partial charge in [-0.1, -0.05) is 30.3 Å². The molecule has 1 N–H and O–H groups in total. The summed E-state index contributed by atoms with van der Waals surface area (Å²) < 4.78 is 1.70. The third-order valence-electron chi connectivity index (χ3n) is 6.90. The highest BCUT2D eigenvalue weighted by molar-refractivity contribution is 7.99. The predicted octanol–water partition coefficient (Wildman–Crippen LogP) is 2.81. The second kappa shape index (κ2) is 5.55. The lowest BCUT2D eigenvalue weighted by Gasteiger charge is -2.49. The molecule has 1 amide bonds. The molecule has 8 rings (SSSR count). The Hall–Kier alpha value is -3.06. The van der Waals surface area contributed by atoms with E-state index < -0.39 is 11.6 Å². The largest absolute Gasteiger partial charge is 0.356 e. The summed E-state index contributed by atoms with van der Waals surface area (Å²) in [5, 5.41) is 1.70. The molecule has 4 aliphatic rings. The molecule has 1 saturated heterocycles. The molecule has 0 unspecified atom stereocenters. The third-order valence-corrected chi connectivity index (χ3v) is 7.99. The molecule has 2 aromatic carbocycles. The molecule has 0 saturated carbocycles. The molecule has 30 heavy (non-hydrogen) atoms. The van der Waals surface area contributed by atoms with E-state index in [-0.39, 0.29) is 11.5 Å². The maximum absolute atomic E-state index is 13.7. The number of rotatable bonds is 0.